The van der Waals surface area contributed by atoms with Crippen LogP contribution in [0.1, 0.15) is 12.8 Å². The third kappa shape index (κ3) is 2.69. The molecule has 1 N–H and O–H groups in total. The Kier molecular flexibility index (Phi) is 3.50. The lowest BCUT2D eigenvalue weighted by molar-refractivity contribution is -0.169. The molecule has 1 aromatic heterocycles. The number of hydrogen-bond acceptors (Lipinski definition) is 4. The lowest BCUT2D eigenvalue weighted by atomic mass is 10.0. The third-order valence-electron chi connectivity index (χ3n) is 5.23. The van der Waals surface area contributed by atoms with E-state index >= 15 is 0 Å². The Morgan fingerprint density at radius 3 is 2.36 bits per heavy atom. The number of piperidine rings is 1. The van der Waals surface area contributed by atoms with Gasteiger partial charge in [-0.1, -0.05) is 12.1 Å². The molecule has 0 bridgehead atoms. The van der Waals surface area contributed by atoms with Gasteiger partial charge >= 0.3 is 0 Å². The zero-order valence-electron chi connectivity index (χ0n) is 14.1. The van der Waals surface area contributed by atoms with Crippen LogP contribution in [0.25, 0.3) is 22.4 Å². The fourth-order valence-corrected chi connectivity index (χ4v) is 3.81. The molecule has 2 saturated heterocycles. The number of nitrogens with one attached hydrogen (secondary N) is 1. The molecule has 2 fully saturated rings. The van der Waals surface area contributed by atoms with E-state index in [1.54, 1.807) is 0 Å². The van der Waals surface area contributed by atoms with Crippen molar-refractivity contribution in [2.24, 2.45) is 0 Å². The molecule has 5 nitrogen and oxygen atoms in total. The number of ether oxygens (including phenoxy) is 2. The van der Waals surface area contributed by atoms with E-state index in [-0.39, 0.29) is 5.79 Å². The highest BCUT2D eigenvalue weighted by atomic mass is 16.7. The van der Waals surface area contributed by atoms with Gasteiger partial charge in [-0.3, -0.25) is 0 Å². The lowest BCUT2D eigenvalue weighted by Gasteiger charge is -2.38. The van der Waals surface area contributed by atoms with Gasteiger partial charge in [0, 0.05) is 37.2 Å². The Hall–Kier alpha value is -2.37. The van der Waals surface area contributed by atoms with Gasteiger partial charge in [0.15, 0.2) is 5.79 Å². The largest absolute Gasteiger partial charge is 0.371 e. The molecule has 128 valence electrons. The number of hydrogen-bond donors (Lipinski definition) is 1. The average molecular weight is 335 g/mol. The normalized spacial score (nSPS) is 19.8. The molecule has 2 aromatic carbocycles. The molecule has 0 atom stereocenters. The van der Waals surface area contributed by atoms with E-state index in [0.29, 0.717) is 0 Å². The number of benzene rings is 2. The summed E-state index contributed by atoms with van der Waals surface area (Å²) in [6.07, 6.45) is 1.86. The summed E-state index contributed by atoms with van der Waals surface area (Å²) in [6.45, 7) is 3.38. The summed E-state index contributed by atoms with van der Waals surface area (Å²) in [7, 11) is 0. The quantitative estimate of drug-likeness (QED) is 0.778. The topological polar surface area (TPSA) is 50.4 Å². The minimum Gasteiger partial charge on any atom is -0.371 e. The number of rotatable bonds is 2. The molecule has 0 unspecified atom stereocenters. The van der Waals surface area contributed by atoms with Crippen LogP contribution in [0.15, 0.2) is 48.5 Å². The summed E-state index contributed by atoms with van der Waals surface area (Å²) in [5.41, 5.74) is 4.42. The van der Waals surface area contributed by atoms with Crippen LogP contribution in [0.2, 0.25) is 0 Å². The maximum absolute atomic E-state index is 5.81. The SMILES string of the molecule is c1ccc2[nH]c(-c3ccc(N4CCC5(CC4)OCCO5)cc3)nc2c1. The van der Waals surface area contributed by atoms with E-state index < -0.39 is 0 Å². The number of aromatic amines is 1. The van der Waals surface area contributed by atoms with Crippen LogP contribution in [0.5, 0.6) is 0 Å². The molecule has 2 aliphatic heterocycles. The second-order valence-corrected chi connectivity index (χ2v) is 6.74. The van der Waals surface area contributed by atoms with Crippen molar-refractivity contribution in [3.05, 3.63) is 48.5 Å². The first-order valence-electron chi connectivity index (χ1n) is 8.89. The molecule has 1 spiro atoms. The van der Waals surface area contributed by atoms with Crippen molar-refractivity contribution in [3.63, 3.8) is 0 Å². The van der Waals surface area contributed by atoms with Crippen LogP contribution in [-0.4, -0.2) is 42.1 Å². The van der Waals surface area contributed by atoms with E-state index in [9.17, 15) is 0 Å². The van der Waals surface area contributed by atoms with Crippen molar-refractivity contribution < 1.29 is 9.47 Å². The van der Waals surface area contributed by atoms with Gasteiger partial charge in [0.1, 0.15) is 5.82 Å². The van der Waals surface area contributed by atoms with E-state index in [4.69, 9.17) is 9.47 Å². The highest BCUT2D eigenvalue weighted by Gasteiger charge is 2.39. The van der Waals surface area contributed by atoms with Gasteiger partial charge in [-0.05, 0) is 36.4 Å². The second kappa shape index (κ2) is 5.86. The molecule has 5 rings (SSSR count). The Balaban J connectivity index is 1.33. The number of H-pyrrole nitrogens is 1. The van der Waals surface area contributed by atoms with Gasteiger partial charge in [-0.15, -0.1) is 0 Å². The Morgan fingerprint density at radius 1 is 0.920 bits per heavy atom. The Bertz CT molecular complexity index is 838. The summed E-state index contributed by atoms with van der Waals surface area (Å²) in [5, 5.41) is 0. The molecular formula is C20H21N3O2. The third-order valence-corrected chi connectivity index (χ3v) is 5.23. The molecule has 0 radical (unpaired) electrons. The van der Waals surface area contributed by atoms with Gasteiger partial charge in [0.2, 0.25) is 0 Å². The minimum absolute atomic E-state index is 0.315. The molecule has 3 heterocycles. The summed E-state index contributed by atoms with van der Waals surface area (Å²) >= 11 is 0. The van der Waals surface area contributed by atoms with Crippen LogP contribution in [0, 0.1) is 0 Å². The van der Waals surface area contributed by atoms with Crippen LogP contribution >= 0.6 is 0 Å². The van der Waals surface area contributed by atoms with Gasteiger partial charge in [0.05, 0.1) is 24.2 Å². The zero-order valence-corrected chi connectivity index (χ0v) is 14.1. The first kappa shape index (κ1) is 14.9. The van der Waals surface area contributed by atoms with Crippen LogP contribution in [0.3, 0.4) is 0 Å². The van der Waals surface area contributed by atoms with Crippen molar-refractivity contribution in [3.8, 4) is 11.4 Å². The maximum Gasteiger partial charge on any atom is 0.171 e. The highest BCUT2D eigenvalue weighted by molar-refractivity contribution is 5.79. The van der Waals surface area contributed by atoms with E-state index in [1.807, 2.05) is 18.2 Å². The highest BCUT2D eigenvalue weighted by Crippen LogP contribution is 2.33. The Labute approximate surface area is 146 Å². The summed E-state index contributed by atoms with van der Waals surface area (Å²) in [4.78, 5) is 10.5. The second-order valence-electron chi connectivity index (χ2n) is 6.74. The number of anilines is 1. The van der Waals surface area contributed by atoms with Crippen molar-refractivity contribution in [2.45, 2.75) is 18.6 Å². The van der Waals surface area contributed by atoms with Crippen molar-refractivity contribution in [1.82, 2.24) is 9.97 Å². The molecule has 5 heteroatoms. The number of para-hydroxylation sites is 2. The van der Waals surface area contributed by atoms with Gasteiger partial charge in [-0.25, -0.2) is 4.98 Å². The summed E-state index contributed by atoms with van der Waals surface area (Å²) in [6, 6.07) is 16.7. The van der Waals surface area contributed by atoms with Crippen molar-refractivity contribution in [2.75, 3.05) is 31.2 Å². The van der Waals surface area contributed by atoms with Crippen LogP contribution in [0.4, 0.5) is 5.69 Å². The number of nitrogens with zero attached hydrogens (tertiary/aromatic N) is 2. The molecule has 0 amide bonds. The van der Waals surface area contributed by atoms with Gasteiger partial charge in [-0.2, -0.15) is 0 Å². The number of aromatic nitrogens is 2. The van der Waals surface area contributed by atoms with E-state index in [0.717, 1.165) is 61.6 Å². The standard InChI is InChI=1S/C20H21N3O2/c1-2-4-18-17(3-1)21-19(22-18)15-5-7-16(8-6-15)23-11-9-20(10-12-23)24-13-14-25-20/h1-8H,9-14H2,(H,21,22). The smallest absolute Gasteiger partial charge is 0.171 e. The summed E-state index contributed by atoms with van der Waals surface area (Å²) < 4.78 is 11.6. The van der Waals surface area contributed by atoms with Crippen molar-refractivity contribution >= 4 is 16.7 Å². The van der Waals surface area contributed by atoms with Crippen LogP contribution < -0.4 is 4.90 Å². The van der Waals surface area contributed by atoms with E-state index in [2.05, 4.69) is 45.2 Å². The lowest BCUT2D eigenvalue weighted by Crippen LogP contribution is -2.45. The fraction of sp³-hybridized carbons (Fsp3) is 0.350. The van der Waals surface area contributed by atoms with E-state index in [1.165, 1.54) is 5.69 Å². The molecule has 0 saturated carbocycles. The van der Waals surface area contributed by atoms with Crippen molar-refractivity contribution in [1.29, 1.82) is 0 Å². The predicted molar refractivity (Wildman–Crippen MR) is 97.6 cm³/mol. The van der Waals surface area contributed by atoms with Gasteiger partial charge < -0.3 is 19.4 Å². The molecule has 2 aliphatic rings. The first-order chi connectivity index (χ1) is 12.3. The average Bonchev–Trinajstić information content (AvgIpc) is 3.30. The van der Waals surface area contributed by atoms with Gasteiger partial charge in [0.25, 0.3) is 0 Å². The minimum atomic E-state index is -0.315. The molecule has 0 aliphatic carbocycles. The predicted octanol–water partition coefficient (Wildman–Crippen LogP) is 3.57. The summed E-state index contributed by atoms with van der Waals surface area (Å²) in [5.74, 6) is 0.600. The molecule has 25 heavy (non-hydrogen) atoms. The molecular weight excluding hydrogens is 314 g/mol. The number of fused-ring (bicyclic) bond motifs is 1. The zero-order chi connectivity index (χ0) is 16.7. The fourth-order valence-electron chi connectivity index (χ4n) is 3.81. The molecule has 3 aromatic rings. The monoisotopic (exact) mass is 335 g/mol. The Morgan fingerprint density at radius 2 is 1.64 bits per heavy atom. The maximum atomic E-state index is 5.81. The number of imidazole rings is 1. The van der Waals surface area contributed by atoms with Crippen LogP contribution in [-0.2, 0) is 9.47 Å². The first-order valence-corrected chi connectivity index (χ1v) is 8.89.